The molecule has 0 amide bonds. The van der Waals surface area contributed by atoms with Crippen LogP contribution in [0, 0.1) is 0 Å². The first-order valence-electron chi connectivity index (χ1n) is 3.01. The van der Waals surface area contributed by atoms with E-state index in [1.807, 2.05) is 0 Å². The van der Waals surface area contributed by atoms with Crippen LogP contribution < -0.4 is 0 Å². The van der Waals surface area contributed by atoms with Gasteiger partial charge >= 0.3 is 5.97 Å². The molecule has 60 valence electrons. The van der Waals surface area contributed by atoms with Crippen LogP contribution in [0.4, 0.5) is 4.39 Å². The number of rotatable bonds is 5. The van der Waals surface area contributed by atoms with Gasteiger partial charge in [-0.05, 0) is 0 Å². The summed E-state index contributed by atoms with van der Waals surface area (Å²) in [4.78, 5) is 10.4. The average molecular weight is 150 g/mol. The average Bonchev–Trinajstić information content (AvgIpc) is 1.89. The molecule has 10 heavy (non-hydrogen) atoms. The first-order valence-corrected chi connectivity index (χ1v) is 3.01. The van der Waals surface area contributed by atoms with Crippen molar-refractivity contribution in [2.24, 2.45) is 0 Å². The Morgan fingerprint density at radius 2 is 2.20 bits per heavy atom. The summed E-state index contributed by atoms with van der Waals surface area (Å²) in [7, 11) is 1.50. The highest BCUT2D eigenvalue weighted by atomic mass is 19.1. The summed E-state index contributed by atoms with van der Waals surface area (Å²) in [5.74, 6) is -0.514. The summed E-state index contributed by atoms with van der Waals surface area (Å²) in [6, 6.07) is 0. The monoisotopic (exact) mass is 150 g/mol. The van der Waals surface area contributed by atoms with E-state index >= 15 is 0 Å². The number of methoxy groups -OCH3 is 1. The minimum Gasteiger partial charge on any atom is -0.463 e. The zero-order valence-electron chi connectivity index (χ0n) is 5.93. The van der Waals surface area contributed by atoms with E-state index in [0.717, 1.165) is 0 Å². The lowest BCUT2D eigenvalue weighted by molar-refractivity contribution is -0.145. The van der Waals surface area contributed by atoms with Gasteiger partial charge in [0.1, 0.15) is 6.61 Å². The Morgan fingerprint density at radius 3 is 2.70 bits per heavy atom. The molecule has 4 heteroatoms. The number of hydrogen-bond donors (Lipinski definition) is 0. The van der Waals surface area contributed by atoms with Gasteiger partial charge in [0.25, 0.3) is 0 Å². The Kier molecular flexibility index (Phi) is 6.06. The molecule has 0 radical (unpaired) electrons. The summed E-state index contributed by atoms with van der Waals surface area (Å²) >= 11 is 0. The maximum Gasteiger partial charge on any atom is 0.308 e. The van der Waals surface area contributed by atoms with E-state index in [2.05, 4.69) is 9.47 Å². The fraction of sp³-hybridized carbons (Fsp3) is 0.833. The molecule has 0 aromatic carbocycles. The molecule has 0 heterocycles. The molecular formula is C6H11FO3. The lowest BCUT2D eigenvalue weighted by Crippen LogP contribution is -2.09. The van der Waals surface area contributed by atoms with Crippen LogP contribution in [0.5, 0.6) is 0 Å². The van der Waals surface area contributed by atoms with Gasteiger partial charge in [-0.3, -0.25) is 9.18 Å². The molecule has 0 saturated heterocycles. The number of esters is 1. The molecule has 0 fully saturated rings. The fourth-order valence-electron chi connectivity index (χ4n) is 0.388. The van der Waals surface area contributed by atoms with E-state index in [4.69, 9.17) is 0 Å². The highest BCUT2D eigenvalue weighted by Gasteiger charge is 1.99. The smallest absolute Gasteiger partial charge is 0.308 e. The van der Waals surface area contributed by atoms with Gasteiger partial charge in [0.15, 0.2) is 0 Å². The van der Waals surface area contributed by atoms with Crippen molar-refractivity contribution in [3.8, 4) is 0 Å². The molecule has 0 atom stereocenters. The van der Waals surface area contributed by atoms with Crippen LogP contribution >= 0.6 is 0 Å². The van der Waals surface area contributed by atoms with Gasteiger partial charge < -0.3 is 9.47 Å². The molecule has 0 rings (SSSR count). The third-order valence-electron chi connectivity index (χ3n) is 0.849. The summed E-state index contributed by atoms with van der Waals surface area (Å²) in [6.45, 7) is -0.0980. The highest BCUT2D eigenvalue weighted by Crippen LogP contribution is 1.86. The van der Waals surface area contributed by atoms with Crippen molar-refractivity contribution in [1.82, 2.24) is 0 Å². The number of carbonyl (C=O) groups is 1. The molecular weight excluding hydrogens is 139 g/mol. The van der Waals surface area contributed by atoms with Gasteiger partial charge in [0, 0.05) is 7.11 Å². The Hall–Kier alpha value is -0.640. The summed E-state index contributed by atoms with van der Waals surface area (Å²) in [5, 5.41) is 0. The van der Waals surface area contributed by atoms with Crippen LogP contribution in [0.3, 0.4) is 0 Å². The van der Waals surface area contributed by atoms with E-state index in [9.17, 15) is 9.18 Å². The summed E-state index contributed by atoms with van der Waals surface area (Å²) < 4.78 is 20.5. The number of alkyl halides is 1. The van der Waals surface area contributed by atoms with Crippen molar-refractivity contribution in [2.45, 2.75) is 6.42 Å². The molecule has 0 spiro atoms. The maximum atomic E-state index is 11.4. The molecule has 3 nitrogen and oxygen atoms in total. The second-order valence-corrected chi connectivity index (χ2v) is 1.65. The molecule has 0 aromatic heterocycles. The van der Waals surface area contributed by atoms with Crippen molar-refractivity contribution >= 4 is 5.97 Å². The van der Waals surface area contributed by atoms with Gasteiger partial charge in [-0.2, -0.15) is 0 Å². The standard InChI is InChI=1S/C6H11FO3/c1-9-4-5-10-6(8)2-3-7/h2-5H2,1H3. The van der Waals surface area contributed by atoms with E-state index in [1.54, 1.807) is 0 Å². The number of ether oxygens (including phenoxy) is 2. The number of halogens is 1. The zero-order valence-corrected chi connectivity index (χ0v) is 5.93. The van der Waals surface area contributed by atoms with Gasteiger partial charge in [0.05, 0.1) is 19.7 Å². The number of carbonyl (C=O) groups excluding carboxylic acids is 1. The minimum absolute atomic E-state index is 0.163. The molecule has 0 aromatic rings. The summed E-state index contributed by atoms with van der Waals surface area (Å²) in [6.07, 6.45) is -0.163. The number of hydrogen-bond acceptors (Lipinski definition) is 3. The molecule has 0 bridgehead atoms. The Bertz CT molecular complexity index is 95.0. The third kappa shape index (κ3) is 5.50. The minimum atomic E-state index is -0.661. The molecule has 0 unspecified atom stereocenters. The lowest BCUT2D eigenvalue weighted by atomic mass is 10.5. The SMILES string of the molecule is COCCOC(=O)CCF. The van der Waals surface area contributed by atoms with Crippen molar-refractivity contribution in [1.29, 1.82) is 0 Å². The Balaban J connectivity index is 3.05. The molecule has 0 aliphatic carbocycles. The van der Waals surface area contributed by atoms with Gasteiger partial charge in [-0.1, -0.05) is 0 Å². The first kappa shape index (κ1) is 9.36. The van der Waals surface area contributed by atoms with Gasteiger partial charge in [-0.25, -0.2) is 0 Å². The van der Waals surface area contributed by atoms with E-state index in [0.29, 0.717) is 6.61 Å². The zero-order chi connectivity index (χ0) is 7.82. The van der Waals surface area contributed by atoms with Crippen LogP contribution in [-0.2, 0) is 14.3 Å². The van der Waals surface area contributed by atoms with Gasteiger partial charge in [-0.15, -0.1) is 0 Å². The van der Waals surface area contributed by atoms with Crippen LogP contribution in [0.25, 0.3) is 0 Å². The van der Waals surface area contributed by atoms with Crippen molar-refractivity contribution in [3.05, 3.63) is 0 Å². The largest absolute Gasteiger partial charge is 0.463 e. The second kappa shape index (κ2) is 6.48. The normalized spacial score (nSPS) is 9.40. The lowest BCUT2D eigenvalue weighted by Gasteiger charge is -2.00. The van der Waals surface area contributed by atoms with Crippen molar-refractivity contribution in [3.63, 3.8) is 0 Å². The predicted molar refractivity (Wildman–Crippen MR) is 33.4 cm³/mol. The highest BCUT2D eigenvalue weighted by molar-refractivity contribution is 5.69. The van der Waals surface area contributed by atoms with Crippen LogP contribution in [-0.4, -0.2) is 33.0 Å². The quantitative estimate of drug-likeness (QED) is 0.423. The second-order valence-electron chi connectivity index (χ2n) is 1.65. The Labute approximate surface area is 59.1 Å². The predicted octanol–water partition coefficient (Wildman–Crippen LogP) is 0.536. The van der Waals surface area contributed by atoms with Gasteiger partial charge in [0.2, 0.25) is 0 Å². The van der Waals surface area contributed by atoms with Crippen LogP contribution in [0.15, 0.2) is 0 Å². The molecule has 0 saturated carbocycles. The molecule has 0 aliphatic rings. The van der Waals surface area contributed by atoms with Crippen LogP contribution in [0.1, 0.15) is 6.42 Å². The summed E-state index contributed by atoms with van der Waals surface area (Å²) in [5.41, 5.74) is 0. The molecule has 0 aliphatic heterocycles. The van der Waals surface area contributed by atoms with E-state index < -0.39 is 12.6 Å². The van der Waals surface area contributed by atoms with E-state index in [-0.39, 0.29) is 13.0 Å². The van der Waals surface area contributed by atoms with Crippen molar-refractivity contribution in [2.75, 3.05) is 27.0 Å². The first-order chi connectivity index (χ1) is 4.81. The van der Waals surface area contributed by atoms with Crippen LogP contribution in [0.2, 0.25) is 0 Å². The van der Waals surface area contributed by atoms with E-state index in [1.165, 1.54) is 7.11 Å². The Morgan fingerprint density at radius 1 is 1.50 bits per heavy atom. The third-order valence-corrected chi connectivity index (χ3v) is 0.849. The molecule has 0 N–H and O–H groups in total. The van der Waals surface area contributed by atoms with Crippen molar-refractivity contribution < 1.29 is 18.7 Å². The maximum absolute atomic E-state index is 11.4. The topological polar surface area (TPSA) is 35.5 Å². The fourth-order valence-corrected chi connectivity index (χ4v) is 0.388.